The van der Waals surface area contributed by atoms with Crippen LogP contribution in [0.5, 0.6) is 5.75 Å². The number of ether oxygens (including phenoxy) is 1. The predicted molar refractivity (Wildman–Crippen MR) is 163 cm³/mol. The maximum absolute atomic E-state index is 12.8. The van der Waals surface area contributed by atoms with Crippen LogP contribution < -0.4 is 31.6 Å². The first kappa shape index (κ1) is 33.8. The molecule has 3 rings (SSSR count). The molecule has 0 aliphatic heterocycles. The molecule has 0 aliphatic rings. The lowest BCUT2D eigenvalue weighted by molar-refractivity contribution is -0.688. The Morgan fingerprint density at radius 3 is 2.02 bits per heavy atom. The Bertz CT molecular complexity index is 1090. The van der Waals surface area contributed by atoms with E-state index in [0.29, 0.717) is 17.4 Å². The molecule has 0 fully saturated rings. The average Bonchev–Trinajstić information content (AvgIpc) is 2.94. The third-order valence-corrected chi connectivity index (χ3v) is 7.25. The molecule has 0 bridgehead atoms. The average molecular weight is 630 g/mol. The molecule has 1 heterocycles. The number of hydrogen-bond donors (Lipinski definition) is 1. The summed E-state index contributed by atoms with van der Waals surface area (Å²) in [4.78, 5) is 12.8. The molecule has 0 spiro atoms. The third-order valence-electron chi connectivity index (χ3n) is 7.02. The van der Waals surface area contributed by atoms with Crippen molar-refractivity contribution < 1.29 is 31.1 Å². The smallest absolute Gasteiger partial charge is 0.228 e. The first-order valence-electron chi connectivity index (χ1n) is 14.9. The van der Waals surface area contributed by atoms with Gasteiger partial charge >= 0.3 is 0 Å². The van der Waals surface area contributed by atoms with E-state index in [0.717, 1.165) is 24.2 Å². The van der Waals surface area contributed by atoms with E-state index in [1.54, 1.807) is 0 Å². The summed E-state index contributed by atoms with van der Waals surface area (Å²) in [5.74, 6) is 0.633. The van der Waals surface area contributed by atoms with Crippen molar-refractivity contribution in [2.45, 2.75) is 96.9 Å². The van der Waals surface area contributed by atoms with Crippen LogP contribution >= 0.6 is 11.6 Å². The van der Waals surface area contributed by atoms with Gasteiger partial charge in [-0.1, -0.05) is 113 Å². The van der Waals surface area contributed by atoms with Crippen LogP contribution in [0.2, 0.25) is 5.02 Å². The Balaban J connectivity index is 0.00000560. The van der Waals surface area contributed by atoms with Crippen LogP contribution in [0, 0.1) is 0 Å². The molecule has 0 saturated carbocycles. The Morgan fingerprint density at radius 1 is 0.800 bits per heavy atom. The number of carbonyl (C=O) groups is 1. The van der Waals surface area contributed by atoms with Gasteiger partial charge in [0.15, 0.2) is 18.9 Å². The molecule has 0 atom stereocenters. The SMILES string of the molecule is CCCCCCCCCCCCCCOc1cc(Cl)ccc1CC(=O)Nc1ccc(C[n+]2ccccc2)cc1.[Br-]. The lowest BCUT2D eigenvalue weighted by atomic mass is 10.1. The van der Waals surface area contributed by atoms with Crippen molar-refractivity contribution in [3.63, 3.8) is 0 Å². The molecule has 2 aromatic carbocycles. The second-order valence-electron chi connectivity index (χ2n) is 10.5. The van der Waals surface area contributed by atoms with Crippen molar-refractivity contribution in [1.82, 2.24) is 0 Å². The van der Waals surface area contributed by atoms with E-state index < -0.39 is 0 Å². The van der Waals surface area contributed by atoms with Crippen LogP contribution in [0.25, 0.3) is 0 Å². The van der Waals surface area contributed by atoms with Gasteiger partial charge in [-0.3, -0.25) is 4.79 Å². The van der Waals surface area contributed by atoms with Crippen molar-refractivity contribution >= 4 is 23.2 Å². The molecule has 4 nitrogen and oxygen atoms in total. The highest BCUT2D eigenvalue weighted by molar-refractivity contribution is 6.30. The van der Waals surface area contributed by atoms with Crippen LogP contribution in [0.1, 0.15) is 95.1 Å². The van der Waals surface area contributed by atoms with Crippen LogP contribution in [-0.4, -0.2) is 12.5 Å². The lowest BCUT2D eigenvalue weighted by Crippen LogP contribution is -3.00. The van der Waals surface area contributed by atoms with Crippen molar-refractivity contribution in [3.05, 3.63) is 89.2 Å². The molecule has 40 heavy (non-hydrogen) atoms. The summed E-state index contributed by atoms with van der Waals surface area (Å²) in [5.41, 5.74) is 2.82. The monoisotopic (exact) mass is 628 g/mol. The number of anilines is 1. The highest BCUT2D eigenvalue weighted by Gasteiger charge is 2.11. The van der Waals surface area contributed by atoms with Gasteiger partial charge in [0.1, 0.15) is 5.75 Å². The maximum Gasteiger partial charge on any atom is 0.228 e. The topological polar surface area (TPSA) is 42.2 Å². The highest BCUT2D eigenvalue weighted by Crippen LogP contribution is 2.25. The molecule has 6 heteroatoms. The molecule has 1 N–H and O–H groups in total. The molecule has 0 aliphatic carbocycles. The first-order chi connectivity index (χ1) is 19.1. The Hall–Kier alpha value is -2.37. The molecule has 1 amide bonds. The fourth-order valence-electron chi connectivity index (χ4n) is 4.76. The van der Waals surface area contributed by atoms with Crippen molar-refractivity contribution in [1.29, 1.82) is 0 Å². The van der Waals surface area contributed by atoms with Gasteiger partial charge in [-0.05, 0) is 30.7 Å². The van der Waals surface area contributed by atoms with E-state index in [9.17, 15) is 4.79 Å². The van der Waals surface area contributed by atoms with Crippen molar-refractivity contribution in [2.75, 3.05) is 11.9 Å². The van der Waals surface area contributed by atoms with Gasteiger partial charge in [-0.15, -0.1) is 0 Å². The summed E-state index contributed by atoms with van der Waals surface area (Å²) < 4.78 is 8.18. The summed E-state index contributed by atoms with van der Waals surface area (Å²) in [5, 5.41) is 3.63. The van der Waals surface area contributed by atoms with E-state index in [-0.39, 0.29) is 29.3 Å². The molecular weight excluding hydrogens is 584 g/mol. The zero-order chi connectivity index (χ0) is 27.5. The van der Waals surface area contributed by atoms with Gasteiger partial charge in [0.25, 0.3) is 0 Å². The van der Waals surface area contributed by atoms with Gasteiger partial charge in [-0.2, -0.15) is 0 Å². The van der Waals surface area contributed by atoms with Crippen LogP contribution in [0.15, 0.2) is 73.1 Å². The molecule has 1 aromatic heterocycles. The zero-order valence-corrected chi connectivity index (χ0v) is 26.4. The first-order valence-corrected chi connectivity index (χ1v) is 15.3. The van der Waals surface area contributed by atoms with E-state index in [1.807, 2.05) is 73.1 Å². The predicted octanol–water partition coefficient (Wildman–Crippen LogP) is 5.94. The number of hydrogen-bond acceptors (Lipinski definition) is 2. The summed E-state index contributed by atoms with van der Waals surface area (Å²) in [6.07, 6.45) is 20.1. The van der Waals surface area contributed by atoms with Crippen molar-refractivity contribution in [3.8, 4) is 5.75 Å². The molecule has 0 unspecified atom stereocenters. The van der Waals surface area contributed by atoms with Crippen LogP contribution in [0.4, 0.5) is 5.69 Å². The van der Waals surface area contributed by atoms with E-state index >= 15 is 0 Å². The number of amides is 1. The molecule has 218 valence electrons. The number of benzene rings is 2. The third kappa shape index (κ3) is 13.8. The minimum atomic E-state index is -0.0716. The van der Waals surface area contributed by atoms with Gasteiger partial charge in [0.2, 0.25) is 5.91 Å². The normalized spacial score (nSPS) is 10.7. The molecule has 0 radical (unpaired) electrons. The second-order valence-corrected chi connectivity index (χ2v) is 10.9. The number of aromatic nitrogens is 1. The summed E-state index contributed by atoms with van der Waals surface area (Å²) >= 11 is 6.23. The minimum Gasteiger partial charge on any atom is -1.00 e. The van der Waals surface area contributed by atoms with E-state index in [4.69, 9.17) is 16.3 Å². The van der Waals surface area contributed by atoms with Crippen molar-refractivity contribution in [2.24, 2.45) is 0 Å². The van der Waals surface area contributed by atoms with E-state index in [1.165, 1.54) is 76.2 Å². The van der Waals surface area contributed by atoms with E-state index in [2.05, 4.69) is 16.8 Å². The standard InChI is InChI=1S/C34H45ClN2O2.BrH/c1-2-3-4-5-6-7-8-9-10-11-12-16-25-39-33-27-31(35)20-19-30(33)26-34(38)36-32-21-17-29(18-22-32)28-37-23-14-13-15-24-37;/h13-15,17-24,27H,2-12,16,25-26,28H2,1H3;1H. The Kier molecular flexibility index (Phi) is 17.3. The Labute approximate surface area is 257 Å². The van der Waals surface area contributed by atoms with Gasteiger partial charge in [0.05, 0.1) is 13.0 Å². The summed E-state index contributed by atoms with van der Waals surface area (Å²) in [6, 6.07) is 19.5. The number of unbranched alkanes of at least 4 members (excludes halogenated alkanes) is 11. The Morgan fingerprint density at radius 2 is 1.40 bits per heavy atom. The summed E-state index contributed by atoms with van der Waals surface area (Å²) in [6.45, 7) is 3.71. The van der Waals surface area contributed by atoms with Gasteiger partial charge in [-0.25, -0.2) is 4.57 Å². The van der Waals surface area contributed by atoms with Gasteiger partial charge < -0.3 is 27.0 Å². The largest absolute Gasteiger partial charge is 1.00 e. The number of nitrogens with zero attached hydrogens (tertiary/aromatic N) is 1. The number of carbonyl (C=O) groups excluding carboxylic acids is 1. The molecular formula is C34H46BrClN2O2. The molecule has 3 aromatic rings. The number of pyridine rings is 1. The fourth-order valence-corrected chi connectivity index (χ4v) is 4.92. The van der Waals surface area contributed by atoms with Gasteiger partial charge in [0, 0.05) is 34.0 Å². The maximum atomic E-state index is 12.8. The quantitative estimate of drug-likeness (QED) is 0.132. The van der Waals surface area contributed by atoms with Crippen LogP contribution in [-0.2, 0) is 17.8 Å². The molecule has 0 saturated heterocycles. The number of halogens is 2. The number of nitrogens with one attached hydrogen (secondary N) is 1. The highest BCUT2D eigenvalue weighted by atomic mass is 79.9. The zero-order valence-electron chi connectivity index (χ0n) is 24.1. The number of rotatable bonds is 19. The second kappa shape index (κ2) is 20.5. The summed E-state index contributed by atoms with van der Waals surface area (Å²) in [7, 11) is 0. The lowest BCUT2D eigenvalue weighted by Gasteiger charge is -2.13. The fraction of sp³-hybridized carbons (Fsp3) is 0.471. The van der Waals surface area contributed by atoms with Crippen LogP contribution in [0.3, 0.4) is 0 Å². The minimum absolute atomic E-state index is 0.